The summed E-state index contributed by atoms with van der Waals surface area (Å²) in [5, 5.41) is 7.01. The predicted octanol–water partition coefficient (Wildman–Crippen LogP) is 2.55. The average molecular weight is 284 g/mol. The van der Waals surface area contributed by atoms with Crippen molar-refractivity contribution in [2.45, 2.75) is 44.7 Å². The smallest absolute Gasteiger partial charge is 0.137 e. The van der Waals surface area contributed by atoms with Gasteiger partial charge in [-0.3, -0.25) is 0 Å². The van der Waals surface area contributed by atoms with Crippen LogP contribution in [0.5, 0.6) is 0 Å². The number of nitrogens with zero attached hydrogens (tertiary/aromatic N) is 2. The standard InChI is InChI=1S/C17H24N4/c1-12-8-9-16(13(2)19-12)20-14(3)21-11-5-7-15-6-4-10-18-17(15)21/h4,6,10,13,16,19-20H,1,3,5,7-9,11H2,2H3. The van der Waals surface area contributed by atoms with E-state index in [4.69, 9.17) is 0 Å². The van der Waals surface area contributed by atoms with E-state index in [1.165, 1.54) is 5.56 Å². The summed E-state index contributed by atoms with van der Waals surface area (Å²) in [6, 6.07) is 4.93. The molecule has 3 heterocycles. The molecule has 0 saturated carbocycles. The number of pyridine rings is 1. The molecule has 1 aromatic heterocycles. The van der Waals surface area contributed by atoms with E-state index in [1.807, 2.05) is 12.3 Å². The lowest BCUT2D eigenvalue weighted by molar-refractivity contribution is 0.367. The van der Waals surface area contributed by atoms with Gasteiger partial charge in [0.25, 0.3) is 0 Å². The van der Waals surface area contributed by atoms with Gasteiger partial charge >= 0.3 is 0 Å². The third-order valence-electron chi connectivity index (χ3n) is 4.42. The molecule has 1 fully saturated rings. The van der Waals surface area contributed by atoms with Gasteiger partial charge in [0, 0.05) is 30.5 Å². The summed E-state index contributed by atoms with van der Waals surface area (Å²) in [6.45, 7) is 11.4. The molecule has 21 heavy (non-hydrogen) atoms. The Morgan fingerprint density at radius 2 is 2.33 bits per heavy atom. The quantitative estimate of drug-likeness (QED) is 0.895. The Hall–Kier alpha value is -1.97. The van der Waals surface area contributed by atoms with Crippen LogP contribution in [0.25, 0.3) is 0 Å². The van der Waals surface area contributed by atoms with Gasteiger partial charge in [-0.05, 0) is 44.2 Å². The van der Waals surface area contributed by atoms with Crippen molar-refractivity contribution in [3.8, 4) is 0 Å². The number of hydrogen-bond acceptors (Lipinski definition) is 4. The summed E-state index contributed by atoms with van der Waals surface area (Å²) in [5.74, 6) is 2.02. The summed E-state index contributed by atoms with van der Waals surface area (Å²) in [4.78, 5) is 6.76. The van der Waals surface area contributed by atoms with Gasteiger partial charge in [0.15, 0.2) is 0 Å². The van der Waals surface area contributed by atoms with Gasteiger partial charge in [-0.2, -0.15) is 0 Å². The minimum atomic E-state index is 0.371. The fourth-order valence-corrected chi connectivity index (χ4v) is 3.23. The van der Waals surface area contributed by atoms with Crippen LogP contribution in [0, 0.1) is 0 Å². The van der Waals surface area contributed by atoms with Crippen LogP contribution in [-0.4, -0.2) is 23.6 Å². The first-order chi connectivity index (χ1) is 10.1. The lowest BCUT2D eigenvalue weighted by atomic mass is 9.98. The van der Waals surface area contributed by atoms with Crippen LogP contribution in [0.3, 0.4) is 0 Å². The van der Waals surface area contributed by atoms with Gasteiger partial charge in [-0.25, -0.2) is 4.98 Å². The zero-order valence-electron chi connectivity index (χ0n) is 12.7. The summed E-state index contributed by atoms with van der Waals surface area (Å²) in [5.41, 5.74) is 2.45. The van der Waals surface area contributed by atoms with E-state index >= 15 is 0 Å². The molecule has 0 bridgehead atoms. The maximum absolute atomic E-state index is 4.54. The Balaban J connectivity index is 1.70. The first-order valence-corrected chi connectivity index (χ1v) is 7.76. The lowest BCUT2D eigenvalue weighted by Crippen LogP contribution is -2.51. The summed E-state index contributed by atoms with van der Waals surface area (Å²) < 4.78 is 0. The lowest BCUT2D eigenvalue weighted by Gasteiger charge is -2.38. The maximum atomic E-state index is 4.54. The van der Waals surface area contributed by atoms with Crippen LogP contribution in [-0.2, 0) is 6.42 Å². The molecule has 2 unspecified atom stereocenters. The second kappa shape index (κ2) is 5.80. The van der Waals surface area contributed by atoms with Crippen molar-refractivity contribution in [2.24, 2.45) is 0 Å². The van der Waals surface area contributed by atoms with Gasteiger partial charge < -0.3 is 15.5 Å². The number of aromatic nitrogens is 1. The summed E-state index contributed by atoms with van der Waals surface area (Å²) >= 11 is 0. The molecule has 2 atom stereocenters. The van der Waals surface area contributed by atoms with Crippen molar-refractivity contribution in [1.82, 2.24) is 15.6 Å². The monoisotopic (exact) mass is 284 g/mol. The number of rotatable bonds is 3. The Morgan fingerprint density at radius 3 is 3.14 bits per heavy atom. The first kappa shape index (κ1) is 14.0. The van der Waals surface area contributed by atoms with E-state index < -0.39 is 0 Å². The summed E-state index contributed by atoms with van der Waals surface area (Å²) in [6.07, 6.45) is 6.22. The molecule has 0 aromatic carbocycles. The fourth-order valence-electron chi connectivity index (χ4n) is 3.23. The zero-order valence-corrected chi connectivity index (χ0v) is 12.7. The van der Waals surface area contributed by atoms with Crippen molar-refractivity contribution in [2.75, 3.05) is 11.4 Å². The first-order valence-electron chi connectivity index (χ1n) is 7.76. The molecule has 1 aromatic rings. The van der Waals surface area contributed by atoms with E-state index in [0.717, 1.165) is 49.6 Å². The number of piperidine rings is 1. The molecule has 1 saturated heterocycles. The van der Waals surface area contributed by atoms with Crippen molar-refractivity contribution in [1.29, 1.82) is 0 Å². The van der Waals surface area contributed by atoms with E-state index in [9.17, 15) is 0 Å². The Kier molecular flexibility index (Phi) is 3.86. The van der Waals surface area contributed by atoms with Crippen LogP contribution in [0.4, 0.5) is 5.82 Å². The molecule has 0 spiro atoms. The van der Waals surface area contributed by atoms with Crippen molar-refractivity contribution in [3.05, 3.63) is 48.6 Å². The molecule has 4 nitrogen and oxygen atoms in total. The molecular weight excluding hydrogens is 260 g/mol. The van der Waals surface area contributed by atoms with Crippen LogP contribution >= 0.6 is 0 Å². The SMILES string of the molecule is C=C1CCC(NC(=C)N2CCCc3cccnc32)C(C)N1. The highest BCUT2D eigenvalue weighted by molar-refractivity contribution is 5.53. The second-order valence-electron chi connectivity index (χ2n) is 6.01. The van der Waals surface area contributed by atoms with E-state index in [-0.39, 0.29) is 0 Å². The van der Waals surface area contributed by atoms with Gasteiger partial charge in [-0.15, -0.1) is 0 Å². The fraction of sp³-hybridized carbons (Fsp3) is 0.471. The molecule has 4 heteroatoms. The topological polar surface area (TPSA) is 40.2 Å². The van der Waals surface area contributed by atoms with Crippen LogP contribution in [0.1, 0.15) is 31.7 Å². The average Bonchev–Trinajstić information content (AvgIpc) is 2.49. The number of anilines is 1. The van der Waals surface area contributed by atoms with E-state index in [0.29, 0.717) is 12.1 Å². The number of aryl methyl sites for hydroxylation is 1. The normalized spacial score (nSPS) is 25.0. The number of fused-ring (bicyclic) bond motifs is 1. The molecule has 2 aliphatic rings. The highest BCUT2D eigenvalue weighted by Gasteiger charge is 2.26. The number of allylic oxidation sites excluding steroid dienone is 1. The van der Waals surface area contributed by atoms with Crippen molar-refractivity contribution >= 4 is 5.82 Å². The molecule has 2 aliphatic heterocycles. The van der Waals surface area contributed by atoms with Crippen LogP contribution in [0.2, 0.25) is 0 Å². The second-order valence-corrected chi connectivity index (χ2v) is 6.01. The van der Waals surface area contributed by atoms with Gasteiger partial charge in [0.2, 0.25) is 0 Å². The highest BCUT2D eigenvalue weighted by Crippen LogP contribution is 2.27. The third kappa shape index (κ3) is 2.89. The molecular formula is C17H24N4. The van der Waals surface area contributed by atoms with Gasteiger partial charge in [0.1, 0.15) is 5.82 Å². The van der Waals surface area contributed by atoms with Gasteiger partial charge in [0.05, 0.1) is 5.82 Å². The van der Waals surface area contributed by atoms with E-state index in [1.54, 1.807) is 0 Å². The Bertz CT molecular complexity index is 551. The van der Waals surface area contributed by atoms with Crippen LogP contribution < -0.4 is 15.5 Å². The number of nitrogens with one attached hydrogen (secondary N) is 2. The van der Waals surface area contributed by atoms with Crippen molar-refractivity contribution in [3.63, 3.8) is 0 Å². The molecule has 0 radical (unpaired) electrons. The van der Waals surface area contributed by atoms with Crippen LogP contribution in [0.15, 0.2) is 43.0 Å². The molecule has 2 N–H and O–H groups in total. The Morgan fingerprint density at radius 1 is 1.48 bits per heavy atom. The van der Waals surface area contributed by atoms with Crippen molar-refractivity contribution < 1.29 is 0 Å². The number of hydrogen-bond donors (Lipinski definition) is 2. The zero-order chi connectivity index (χ0) is 14.8. The molecule has 0 amide bonds. The molecule has 0 aliphatic carbocycles. The molecule has 112 valence electrons. The largest absolute Gasteiger partial charge is 0.384 e. The Labute approximate surface area is 126 Å². The summed E-state index contributed by atoms with van der Waals surface area (Å²) in [7, 11) is 0. The third-order valence-corrected chi connectivity index (χ3v) is 4.42. The van der Waals surface area contributed by atoms with Gasteiger partial charge in [-0.1, -0.05) is 19.2 Å². The minimum absolute atomic E-state index is 0.371. The minimum Gasteiger partial charge on any atom is -0.384 e. The molecule has 3 rings (SSSR count). The predicted molar refractivity (Wildman–Crippen MR) is 86.9 cm³/mol. The highest BCUT2D eigenvalue weighted by atomic mass is 15.3. The maximum Gasteiger partial charge on any atom is 0.137 e. The van der Waals surface area contributed by atoms with E-state index in [2.05, 4.69) is 46.7 Å².